The number of alkyl halides is 4. The fourth-order valence-electron chi connectivity index (χ4n) is 1.37. The van der Waals surface area contributed by atoms with Gasteiger partial charge in [0.2, 0.25) is 0 Å². The molecule has 2 nitrogen and oxygen atoms in total. The summed E-state index contributed by atoms with van der Waals surface area (Å²) in [4.78, 5) is 5.11. The monoisotopic (exact) mass is 252 g/mol. The number of hydrogen-bond donors (Lipinski definition) is 0. The predicted molar refractivity (Wildman–Crippen MR) is 57.7 cm³/mol. The van der Waals surface area contributed by atoms with Crippen LogP contribution >= 0.6 is 11.6 Å². The van der Waals surface area contributed by atoms with Crippen LogP contribution in [0.1, 0.15) is 12.5 Å². The molecule has 90 valence electrons. The van der Waals surface area contributed by atoms with E-state index in [1.54, 1.807) is 19.1 Å². The lowest BCUT2D eigenvalue weighted by Crippen LogP contribution is -2.35. The third-order valence-electron chi connectivity index (χ3n) is 2.06. The van der Waals surface area contributed by atoms with Gasteiger partial charge in [-0.15, -0.1) is 11.6 Å². The molecule has 6 heteroatoms. The molecule has 0 fully saturated rings. The number of aromatic nitrogens is 1. The highest BCUT2D eigenvalue weighted by Gasteiger charge is 2.31. The first-order valence-corrected chi connectivity index (χ1v) is 5.33. The van der Waals surface area contributed by atoms with Crippen molar-refractivity contribution in [1.82, 2.24) is 4.98 Å². The van der Waals surface area contributed by atoms with Gasteiger partial charge in [0, 0.05) is 18.3 Å². The van der Waals surface area contributed by atoms with Crippen LogP contribution in [0.3, 0.4) is 0 Å². The maximum atomic E-state index is 12.3. The second-order valence-electron chi connectivity index (χ2n) is 3.25. The molecular weight excluding hydrogens is 241 g/mol. The molecule has 0 atom stereocenters. The minimum Gasteiger partial charge on any atom is -0.348 e. The zero-order valence-electron chi connectivity index (χ0n) is 8.76. The molecule has 0 aliphatic carbocycles. The Morgan fingerprint density at radius 3 is 2.62 bits per heavy atom. The van der Waals surface area contributed by atoms with Crippen LogP contribution in [0, 0.1) is 0 Å². The number of halogens is 4. The lowest BCUT2D eigenvalue weighted by Gasteiger charge is -2.24. The lowest BCUT2D eigenvalue weighted by atomic mass is 10.2. The van der Waals surface area contributed by atoms with E-state index in [1.807, 2.05) is 0 Å². The van der Waals surface area contributed by atoms with Crippen molar-refractivity contribution in [3.8, 4) is 0 Å². The molecule has 0 N–H and O–H groups in total. The van der Waals surface area contributed by atoms with E-state index in [-0.39, 0.29) is 12.4 Å². The van der Waals surface area contributed by atoms with Gasteiger partial charge in [-0.1, -0.05) is 6.07 Å². The third kappa shape index (κ3) is 3.56. The second-order valence-corrected chi connectivity index (χ2v) is 3.52. The Hall–Kier alpha value is -0.970. The molecule has 0 saturated heterocycles. The molecule has 0 aromatic carbocycles. The summed E-state index contributed by atoms with van der Waals surface area (Å²) in [5, 5.41) is 0. The van der Waals surface area contributed by atoms with E-state index in [4.69, 9.17) is 11.6 Å². The van der Waals surface area contributed by atoms with Crippen molar-refractivity contribution in [2.24, 2.45) is 0 Å². The molecule has 16 heavy (non-hydrogen) atoms. The standard InChI is InChI=1S/C10H12ClF3N2/c1-2-16(7-10(12,13)14)9-8(6-11)4-3-5-15-9/h3-5H,2,6-7H2,1H3. The largest absolute Gasteiger partial charge is 0.405 e. The number of pyridine rings is 1. The summed E-state index contributed by atoms with van der Waals surface area (Å²) in [5.41, 5.74) is 0.607. The van der Waals surface area contributed by atoms with Crippen LogP contribution in [0.15, 0.2) is 18.3 Å². The van der Waals surface area contributed by atoms with Crippen molar-refractivity contribution in [3.63, 3.8) is 0 Å². The zero-order chi connectivity index (χ0) is 12.2. The first-order chi connectivity index (χ1) is 7.48. The van der Waals surface area contributed by atoms with Gasteiger partial charge in [0.15, 0.2) is 0 Å². The summed E-state index contributed by atoms with van der Waals surface area (Å²) < 4.78 is 36.9. The highest BCUT2D eigenvalue weighted by molar-refractivity contribution is 6.17. The van der Waals surface area contributed by atoms with E-state index in [0.29, 0.717) is 11.4 Å². The molecule has 0 unspecified atom stereocenters. The normalized spacial score (nSPS) is 11.6. The fraction of sp³-hybridized carbons (Fsp3) is 0.500. The van der Waals surface area contributed by atoms with Gasteiger partial charge in [0.05, 0.1) is 5.88 Å². The van der Waals surface area contributed by atoms with Gasteiger partial charge >= 0.3 is 6.18 Å². The van der Waals surface area contributed by atoms with E-state index in [2.05, 4.69) is 4.98 Å². The van der Waals surface area contributed by atoms with Crippen molar-refractivity contribution in [3.05, 3.63) is 23.9 Å². The topological polar surface area (TPSA) is 16.1 Å². The van der Waals surface area contributed by atoms with Crippen LogP contribution < -0.4 is 4.90 Å². The smallest absolute Gasteiger partial charge is 0.348 e. The predicted octanol–water partition coefficient (Wildman–Crippen LogP) is 3.21. The van der Waals surface area contributed by atoms with Gasteiger partial charge in [-0.05, 0) is 13.0 Å². The summed E-state index contributed by atoms with van der Waals surface area (Å²) in [6.45, 7) is 0.878. The van der Waals surface area contributed by atoms with Crippen molar-refractivity contribution >= 4 is 17.4 Å². The van der Waals surface area contributed by atoms with Gasteiger partial charge in [-0.25, -0.2) is 4.98 Å². The first-order valence-electron chi connectivity index (χ1n) is 4.79. The molecule has 0 radical (unpaired) electrons. The minimum absolute atomic E-state index is 0.150. The number of nitrogens with zero attached hydrogens (tertiary/aromatic N) is 2. The van der Waals surface area contributed by atoms with E-state index >= 15 is 0 Å². The van der Waals surface area contributed by atoms with Crippen molar-refractivity contribution in [1.29, 1.82) is 0 Å². The maximum Gasteiger partial charge on any atom is 0.405 e. The highest BCUT2D eigenvalue weighted by Crippen LogP contribution is 2.23. The molecule has 1 aromatic heterocycles. The summed E-state index contributed by atoms with van der Waals surface area (Å²) in [5.74, 6) is 0.453. The zero-order valence-corrected chi connectivity index (χ0v) is 9.52. The van der Waals surface area contributed by atoms with Crippen LogP contribution in [-0.4, -0.2) is 24.2 Å². The molecule has 0 bridgehead atoms. The maximum absolute atomic E-state index is 12.3. The molecule has 0 saturated carbocycles. The Balaban J connectivity index is 2.94. The van der Waals surface area contributed by atoms with Crippen LogP contribution in [0.5, 0.6) is 0 Å². The molecule has 0 aliphatic heterocycles. The lowest BCUT2D eigenvalue weighted by molar-refractivity contribution is -0.119. The quantitative estimate of drug-likeness (QED) is 0.765. The van der Waals surface area contributed by atoms with Gasteiger partial charge in [-0.3, -0.25) is 0 Å². The summed E-state index contributed by atoms with van der Waals surface area (Å²) in [6.07, 6.45) is -2.78. The van der Waals surface area contributed by atoms with Gasteiger partial charge in [0.25, 0.3) is 0 Å². The first kappa shape index (κ1) is 13.1. The molecule has 0 spiro atoms. The Kier molecular flexibility index (Phi) is 4.41. The third-order valence-corrected chi connectivity index (χ3v) is 2.35. The van der Waals surface area contributed by atoms with E-state index in [1.165, 1.54) is 6.20 Å². The van der Waals surface area contributed by atoms with Gasteiger partial charge in [0.1, 0.15) is 12.4 Å². The van der Waals surface area contributed by atoms with E-state index in [9.17, 15) is 13.2 Å². The molecule has 1 aromatic rings. The highest BCUT2D eigenvalue weighted by atomic mass is 35.5. The molecular formula is C10H12ClF3N2. The number of anilines is 1. The van der Waals surface area contributed by atoms with Crippen LogP contribution in [0.25, 0.3) is 0 Å². The molecule has 0 amide bonds. The summed E-state index contributed by atoms with van der Waals surface area (Å²) in [7, 11) is 0. The molecule has 1 rings (SSSR count). The van der Waals surface area contributed by atoms with Crippen LogP contribution in [-0.2, 0) is 5.88 Å². The van der Waals surface area contributed by atoms with Gasteiger partial charge in [-0.2, -0.15) is 13.2 Å². The number of hydrogen-bond acceptors (Lipinski definition) is 2. The van der Waals surface area contributed by atoms with Crippen LogP contribution in [0.2, 0.25) is 0 Å². The second kappa shape index (κ2) is 5.39. The summed E-state index contributed by atoms with van der Waals surface area (Å²) >= 11 is 5.66. The Bertz CT molecular complexity index is 341. The average Bonchev–Trinajstić information content (AvgIpc) is 2.24. The van der Waals surface area contributed by atoms with E-state index in [0.717, 1.165) is 4.90 Å². The van der Waals surface area contributed by atoms with Crippen molar-refractivity contribution in [2.45, 2.75) is 19.0 Å². The fourth-order valence-corrected chi connectivity index (χ4v) is 1.58. The molecule has 0 aliphatic rings. The van der Waals surface area contributed by atoms with Gasteiger partial charge < -0.3 is 4.90 Å². The Labute approximate surface area is 97.0 Å². The summed E-state index contributed by atoms with van der Waals surface area (Å²) in [6, 6.07) is 3.33. The number of rotatable bonds is 4. The molecule has 1 heterocycles. The van der Waals surface area contributed by atoms with Crippen molar-refractivity contribution in [2.75, 3.05) is 18.0 Å². The van der Waals surface area contributed by atoms with Crippen LogP contribution in [0.4, 0.5) is 19.0 Å². The van der Waals surface area contributed by atoms with Crippen molar-refractivity contribution < 1.29 is 13.2 Å². The Morgan fingerprint density at radius 2 is 2.12 bits per heavy atom. The SMILES string of the molecule is CCN(CC(F)(F)F)c1ncccc1CCl. The average molecular weight is 253 g/mol. The Morgan fingerprint density at radius 1 is 1.44 bits per heavy atom. The van der Waals surface area contributed by atoms with E-state index < -0.39 is 12.7 Å². The minimum atomic E-state index is -4.24.